The highest BCUT2D eigenvalue weighted by Gasteiger charge is 2.13. The minimum absolute atomic E-state index is 0.0440. The zero-order chi connectivity index (χ0) is 13.2. The first-order valence-corrected chi connectivity index (χ1v) is 6.34. The Kier molecular flexibility index (Phi) is 2.91. The van der Waals surface area contributed by atoms with Gasteiger partial charge in [0.15, 0.2) is 11.5 Å². The number of hydrogen-bond donors (Lipinski definition) is 0. The van der Waals surface area contributed by atoms with Crippen LogP contribution < -0.4 is 0 Å². The van der Waals surface area contributed by atoms with Crippen molar-refractivity contribution in [2.24, 2.45) is 0 Å². The zero-order valence-electron chi connectivity index (χ0n) is 10.7. The summed E-state index contributed by atoms with van der Waals surface area (Å²) in [6.45, 7) is 1.98. The molecule has 19 heavy (non-hydrogen) atoms. The maximum Gasteiger partial charge on any atom is 0.197 e. The molecule has 0 aliphatic carbocycles. The number of imidazole rings is 1. The molecule has 0 atom stereocenters. The standard InChI is InChI=1S/C15H14N2O2/c1-2-5-13(18)14-8-11(10-19-14)12-9-16-15-6-3-4-7-17(12)15/h3-4,6-10H,2,5H2,1H3. The van der Waals surface area contributed by atoms with Gasteiger partial charge >= 0.3 is 0 Å². The predicted molar refractivity (Wildman–Crippen MR) is 72.1 cm³/mol. The highest BCUT2D eigenvalue weighted by atomic mass is 16.3. The summed E-state index contributed by atoms with van der Waals surface area (Å²) >= 11 is 0. The van der Waals surface area contributed by atoms with Gasteiger partial charge in [-0.1, -0.05) is 13.0 Å². The van der Waals surface area contributed by atoms with Gasteiger partial charge in [0.25, 0.3) is 0 Å². The molecule has 0 fully saturated rings. The number of aromatic nitrogens is 2. The minimum Gasteiger partial charge on any atom is -0.461 e. The van der Waals surface area contributed by atoms with Gasteiger partial charge in [-0.25, -0.2) is 4.98 Å². The molecule has 0 saturated carbocycles. The number of pyridine rings is 1. The molecule has 3 heterocycles. The van der Waals surface area contributed by atoms with Crippen molar-refractivity contribution in [3.8, 4) is 11.3 Å². The van der Waals surface area contributed by atoms with Crippen LogP contribution in [0.25, 0.3) is 16.9 Å². The van der Waals surface area contributed by atoms with Crippen LogP contribution in [0.5, 0.6) is 0 Å². The van der Waals surface area contributed by atoms with Crippen LogP contribution in [0.1, 0.15) is 30.3 Å². The van der Waals surface area contributed by atoms with Crippen LogP contribution in [0.15, 0.2) is 47.3 Å². The first-order chi connectivity index (χ1) is 9.29. The van der Waals surface area contributed by atoms with Gasteiger partial charge in [-0.05, 0) is 24.6 Å². The lowest BCUT2D eigenvalue weighted by molar-refractivity contribution is 0.0955. The van der Waals surface area contributed by atoms with E-state index < -0.39 is 0 Å². The van der Waals surface area contributed by atoms with Crippen LogP contribution in [0, 0.1) is 0 Å². The van der Waals surface area contributed by atoms with Gasteiger partial charge in [0.05, 0.1) is 11.9 Å². The van der Waals surface area contributed by atoms with Gasteiger partial charge in [-0.15, -0.1) is 0 Å². The molecule has 0 spiro atoms. The molecule has 96 valence electrons. The van der Waals surface area contributed by atoms with Crippen molar-refractivity contribution in [2.75, 3.05) is 0 Å². The van der Waals surface area contributed by atoms with Crippen LogP contribution >= 0.6 is 0 Å². The summed E-state index contributed by atoms with van der Waals surface area (Å²) in [5, 5.41) is 0. The monoisotopic (exact) mass is 254 g/mol. The van der Waals surface area contributed by atoms with Crippen molar-refractivity contribution in [1.29, 1.82) is 0 Å². The molecule has 0 saturated heterocycles. The molecule has 0 bridgehead atoms. The van der Waals surface area contributed by atoms with Crippen LogP contribution in [0.2, 0.25) is 0 Å². The Morgan fingerprint density at radius 1 is 1.42 bits per heavy atom. The van der Waals surface area contributed by atoms with Crippen molar-refractivity contribution >= 4 is 11.4 Å². The number of hydrogen-bond acceptors (Lipinski definition) is 3. The fourth-order valence-corrected chi connectivity index (χ4v) is 2.11. The zero-order valence-corrected chi connectivity index (χ0v) is 10.7. The van der Waals surface area contributed by atoms with Crippen LogP contribution in [0.3, 0.4) is 0 Å². The van der Waals surface area contributed by atoms with Crippen LogP contribution in [-0.2, 0) is 0 Å². The summed E-state index contributed by atoms with van der Waals surface area (Å²) in [4.78, 5) is 16.1. The van der Waals surface area contributed by atoms with E-state index in [9.17, 15) is 4.79 Å². The highest BCUT2D eigenvalue weighted by Crippen LogP contribution is 2.23. The Balaban J connectivity index is 2.01. The van der Waals surface area contributed by atoms with Gasteiger partial charge < -0.3 is 4.42 Å². The number of carbonyl (C=O) groups excluding carboxylic acids is 1. The molecular formula is C15H14N2O2. The molecule has 4 heteroatoms. The van der Waals surface area contributed by atoms with Gasteiger partial charge in [0, 0.05) is 18.2 Å². The van der Waals surface area contributed by atoms with E-state index in [2.05, 4.69) is 4.98 Å². The number of nitrogens with zero attached hydrogens (tertiary/aromatic N) is 2. The molecule has 0 unspecified atom stereocenters. The van der Waals surface area contributed by atoms with Crippen molar-refractivity contribution in [3.05, 3.63) is 48.7 Å². The van der Waals surface area contributed by atoms with Gasteiger partial charge in [-0.2, -0.15) is 0 Å². The molecule has 3 aromatic heterocycles. The third-order valence-corrected chi connectivity index (χ3v) is 3.06. The average molecular weight is 254 g/mol. The predicted octanol–water partition coefficient (Wildman–Crippen LogP) is 3.58. The molecule has 0 radical (unpaired) electrons. The summed E-state index contributed by atoms with van der Waals surface area (Å²) in [6, 6.07) is 7.61. The number of rotatable bonds is 4. The lowest BCUT2D eigenvalue weighted by Crippen LogP contribution is -1.94. The van der Waals surface area contributed by atoms with E-state index in [1.807, 2.05) is 35.7 Å². The lowest BCUT2D eigenvalue weighted by Gasteiger charge is -1.96. The number of fused-ring (bicyclic) bond motifs is 1. The number of Topliss-reactive ketones (excluding diaryl/α,β-unsaturated/α-hetero) is 1. The van der Waals surface area contributed by atoms with Crippen LogP contribution in [-0.4, -0.2) is 15.2 Å². The highest BCUT2D eigenvalue weighted by molar-refractivity contribution is 5.94. The maximum absolute atomic E-state index is 11.8. The summed E-state index contributed by atoms with van der Waals surface area (Å²) in [6.07, 6.45) is 6.68. The quantitative estimate of drug-likeness (QED) is 0.668. The van der Waals surface area contributed by atoms with Crippen molar-refractivity contribution in [3.63, 3.8) is 0 Å². The second-order valence-electron chi connectivity index (χ2n) is 4.45. The molecule has 0 aliphatic heterocycles. The molecule has 3 aromatic rings. The fraction of sp³-hybridized carbons (Fsp3) is 0.200. The molecule has 0 aromatic carbocycles. The van der Waals surface area contributed by atoms with E-state index in [-0.39, 0.29) is 5.78 Å². The Morgan fingerprint density at radius 2 is 2.32 bits per heavy atom. The first kappa shape index (κ1) is 11.7. The Labute approximate surface area is 110 Å². The van der Waals surface area contributed by atoms with E-state index in [0.717, 1.165) is 23.3 Å². The fourth-order valence-electron chi connectivity index (χ4n) is 2.11. The first-order valence-electron chi connectivity index (χ1n) is 6.34. The molecule has 0 N–H and O–H groups in total. The lowest BCUT2D eigenvalue weighted by atomic mass is 10.1. The Morgan fingerprint density at radius 3 is 3.16 bits per heavy atom. The number of carbonyl (C=O) groups is 1. The second-order valence-corrected chi connectivity index (χ2v) is 4.45. The number of ketones is 1. The molecule has 4 nitrogen and oxygen atoms in total. The minimum atomic E-state index is 0.0440. The summed E-state index contributed by atoms with van der Waals surface area (Å²) < 4.78 is 7.33. The summed E-state index contributed by atoms with van der Waals surface area (Å²) in [7, 11) is 0. The third-order valence-electron chi connectivity index (χ3n) is 3.06. The van der Waals surface area contributed by atoms with E-state index >= 15 is 0 Å². The number of furan rings is 1. The molecular weight excluding hydrogens is 240 g/mol. The smallest absolute Gasteiger partial charge is 0.197 e. The largest absolute Gasteiger partial charge is 0.461 e. The van der Waals surface area contributed by atoms with E-state index in [1.165, 1.54) is 0 Å². The van der Waals surface area contributed by atoms with Crippen molar-refractivity contribution in [2.45, 2.75) is 19.8 Å². The van der Waals surface area contributed by atoms with E-state index in [1.54, 1.807) is 18.5 Å². The average Bonchev–Trinajstić information content (AvgIpc) is 3.05. The molecule has 3 rings (SSSR count). The van der Waals surface area contributed by atoms with Gasteiger partial charge in [-0.3, -0.25) is 9.20 Å². The topological polar surface area (TPSA) is 47.5 Å². The van der Waals surface area contributed by atoms with Gasteiger partial charge in [0.1, 0.15) is 11.9 Å². The van der Waals surface area contributed by atoms with Crippen molar-refractivity contribution < 1.29 is 9.21 Å². The summed E-state index contributed by atoms with van der Waals surface area (Å²) in [5.74, 6) is 0.463. The third kappa shape index (κ3) is 2.05. The van der Waals surface area contributed by atoms with Gasteiger partial charge in [0.2, 0.25) is 0 Å². The summed E-state index contributed by atoms with van der Waals surface area (Å²) in [5.41, 5.74) is 2.67. The molecule has 0 amide bonds. The Hall–Kier alpha value is -2.36. The van der Waals surface area contributed by atoms with E-state index in [4.69, 9.17) is 4.42 Å². The SMILES string of the molecule is CCCC(=O)c1cc(-c2cnc3ccccn23)co1. The molecule has 0 aliphatic rings. The Bertz CT molecular complexity index is 724. The normalized spacial score (nSPS) is 11.0. The second kappa shape index (κ2) is 4.72. The maximum atomic E-state index is 11.8. The van der Waals surface area contributed by atoms with Crippen LogP contribution in [0.4, 0.5) is 0 Å². The van der Waals surface area contributed by atoms with Crippen molar-refractivity contribution in [1.82, 2.24) is 9.38 Å². The van der Waals surface area contributed by atoms with E-state index in [0.29, 0.717) is 12.2 Å².